The van der Waals surface area contributed by atoms with Crippen molar-refractivity contribution in [1.29, 1.82) is 0 Å². The maximum absolute atomic E-state index is 5.96. The molecule has 3 heteroatoms. The van der Waals surface area contributed by atoms with Gasteiger partial charge < -0.3 is 5.32 Å². The van der Waals surface area contributed by atoms with Crippen LogP contribution in [-0.4, -0.2) is 6.04 Å². The van der Waals surface area contributed by atoms with Gasteiger partial charge in [0.25, 0.3) is 0 Å². The molecule has 2 atom stereocenters. The number of hydrogen-bond acceptors (Lipinski definition) is 1. The normalized spacial score (nSPS) is 25.6. The third kappa shape index (κ3) is 2.23. The lowest BCUT2D eigenvalue weighted by molar-refractivity contribution is 0.303. The van der Waals surface area contributed by atoms with Crippen LogP contribution in [0.3, 0.4) is 0 Å². The van der Waals surface area contributed by atoms with Crippen LogP contribution in [0, 0.1) is 5.92 Å². The molecule has 0 aromatic heterocycles. The van der Waals surface area contributed by atoms with E-state index in [1.54, 1.807) is 0 Å². The van der Waals surface area contributed by atoms with Crippen molar-refractivity contribution in [3.8, 4) is 0 Å². The van der Waals surface area contributed by atoms with Gasteiger partial charge >= 0.3 is 0 Å². The van der Waals surface area contributed by atoms with Crippen LogP contribution >= 0.6 is 27.5 Å². The number of nitrogens with one attached hydrogen (secondary N) is 1. The van der Waals surface area contributed by atoms with E-state index in [2.05, 4.69) is 34.2 Å². The Labute approximate surface area is 98.0 Å². The minimum atomic E-state index is 0.625. The van der Waals surface area contributed by atoms with Gasteiger partial charge in [-0.05, 0) is 37.0 Å². The first-order chi connectivity index (χ1) is 6.65. The first kappa shape index (κ1) is 10.3. The highest BCUT2D eigenvalue weighted by Crippen LogP contribution is 2.31. The molecule has 0 bridgehead atoms. The topological polar surface area (TPSA) is 12.0 Å². The van der Waals surface area contributed by atoms with Gasteiger partial charge in [0.05, 0.1) is 0 Å². The second-order valence-electron chi connectivity index (χ2n) is 3.96. The van der Waals surface area contributed by atoms with Gasteiger partial charge in [-0.15, -0.1) is 0 Å². The molecule has 1 aliphatic carbocycles. The largest absolute Gasteiger partial charge is 0.382 e. The van der Waals surface area contributed by atoms with Crippen LogP contribution < -0.4 is 5.32 Å². The summed E-state index contributed by atoms with van der Waals surface area (Å²) in [5.41, 5.74) is 1.11. The molecule has 1 N–H and O–H groups in total. The van der Waals surface area contributed by atoms with Crippen molar-refractivity contribution in [3.63, 3.8) is 0 Å². The fourth-order valence-corrected chi connectivity index (χ4v) is 2.59. The van der Waals surface area contributed by atoms with Crippen molar-refractivity contribution >= 4 is 33.2 Å². The predicted molar refractivity (Wildman–Crippen MR) is 65.0 cm³/mol. The quantitative estimate of drug-likeness (QED) is 0.847. The fourth-order valence-electron chi connectivity index (χ4n) is 1.73. The van der Waals surface area contributed by atoms with Crippen molar-refractivity contribution in [2.45, 2.75) is 25.8 Å². The summed E-state index contributed by atoms with van der Waals surface area (Å²) in [5.74, 6) is 0.785. The summed E-state index contributed by atoms with van der Waals surface area (Å²) < 4.78 is 1.03. The average Bonchev–Trinajstić information content (AvgIpc) is 2.10. The second kappa shape index (κ2) is 4.11. The molecule has 1 nitrogen and oxygen atoms in total. The zero-order chi connectivity index (χ0) is 10.1. The molecule has 1 saturated carbocycles. The van der Waals surface area contributed by atoms with Crippen molar-refractivity contribution in [2.24, 2.45) is 5.92 Å². The van der Waals surface area contributed by atoms with E-state index in [0.717, 1.165) is 21.1 Å². The predicted octanol–water partition coefficient (Wildman–Crippen LogP) is 4.31. The van der Waals surface area contributed by atoms with Crippen molar-refractivity contribution in [1.82, 2.24) is 0 Å². The summed E-state index contributed by atoms with van der Waals surface area (Å²) in [6.07, 6.45) is 2.60. The first-order valence-corrected chi connectivity index (χ1v) is 6.05. The Morgan fingerprint density at radius 1 is 1.36 bits per heavy atom. The minimum Gasteiger partial charge on any atom is -0.382 e. The summed E-state index contributed by atoms with van der Waals surface area (Å²) in [5, 5.41) is 4.27. The number of anilines is 1. The molecule has 1 fully saturated rings. The average molecular weight is 275 g/mol. The van der Waals surface area contributed by atoms with E-state index >= 15 is 0 Å². The number of benzene rings is 1. The molecule has 14 heavy (non-hydrogen) atoms. The van der Waals surface area contributed by atoms with Gasteiger partial charge in [0.1, 0.15) is 0 Å². The Morgan fingerprint density at radius 2 is 2.14 bits per heavy atom. The summed E-state index contributed by atoms with van der Waals surface area (Å²) in [7, 11) is 0. The lowest BCUT2D eigenvalue weighted by atomic mass is 9.81. The molecule has 0 spiro atoms. The molecule has 0 radical (unpaired) electrons. The third-order valence-electron chi connectivity index (χ3n) is 2.83. The van der Waals surface area contributed by atoms with Crippen LogP contribution in [0.4, 0.5) is 5.69 Å². The summed E-state index contributed by atoms with van der Waals surface area (Å²) in [4.78, 5) is 0. The van der Waals surface area contributed by atoms with Gasteiger partial charge in [0, 0.05) is 21.2 Å². The smallest absolute Gasteiger partial charge is 0.0437 e. The van der Waals surface area contributed by atoms with Gasteiger partial charge in [-0.3, -0.25) is 0 Å². The van der Waals surface area contributed by atoms with Crippen LogP contribution in [0.15, 0.2) is 22.7 Å². The van der Waals surface area contributed by atoms with Gasteiger partial charge in [-0.2, -0.15) is 0 Å². The standard InChI is InChI=1S/C11H13BrClN/c1-7-2-3-11(7)14-10-5-8(12)4-9(13)6-10/h4-7,11,14H,2-3H2,1H3. The molecule has 76 valence electrons. The molecule has 0 aliphatic heterocycles. The number of rotatable bonds is 2. The Bertz CT molecular complexity index is 320. The molecule has 0 heterocycles. The Balaban J connectivity index is 2.08. The Morgan fingerprint density at radius 3 is 2.64 bits per heavy atom. The molecule has 0 amide bonds. The molecule has 2 unspecified atom stereocenters. The zero-order valence-corrected chi connectivity index (χ0v) is 10.4. The first-order valence-electron chi connectivity index (χ1n) is 4.88. The molecule has 1 aromatic rings. The molecule has 2 rings (SSSR count). The maximum Gasteiger partial charge on any atom is 0.0437 e. The zero-order valence-electron chi connectivity index (χ0n) is 8.06. The van der Waals surface area contributed by atoms with E-state index in [4.69, 9.17) is 11.6 Å². The van der Waals surface area contributed by atoms with Gasteiger partial charge in [0.15, 0.2) is 0 Å². The maximum atomic E-state index is 5.96. The van der Waals surface area contributed by atoms with Crippen LogP contribution in [-0.2, 0) is 0 Å². The van der Waals surface area contributed by atoms with E-state index in [-0.39, 0.29) is 0 Å². The van der Waals surface area contributed by atoms with E-state index in [1.165, 1.54) is 12.8 Å². The van der Waals surface area contributed by atoms with Crippen LogP contribution in [0.2, 0.25) is 5.02 Å². The van der Waals surface area contributed by atoms with E-state index < -0.39 is 0 Å². The lowest BCUT2D eigenvalue weighted by Crippen LogP contribution is -2.36. The second-order valence-corrected chi connectivity index (χ2v) is 5.32. The van der Waals surface area contributed by atoms with Gasteiger partial charge in [-0.1, -0.05) is 34.5 Å². The van der Waals surface area contributed by atoms with Crippen molar-refractivity contribution in [3.05, 3.63) is 27.7 Å². The molecule has 0 saturated heterocycles. The van der Waals surface area contributed by atoms with Gasteiger partial charge in [-0.25, -0.2) is 0 Å². The summed E-state index contributed by atoms with van der Waals surface area (Å²) in [6.45, 7) is 2.28. The fraction of sp³-hybridized carbons (Fsp3) is 0.455. The SMILES string of the molecule is CC1CCC1Nc1cc(Cl)cc(Br)c1. The van der Waals surface area contributed by atoms with Crippen molar-refractivity contribution in [2.75, 3.05) is 5.32 Å². The van der Waals surface area contributed by atoms with E-state index in [9.17, 15) is 0 Å². The summed E-state index contributed by atoms with van der Waals surface area (Å²) in [6, 6.07) is 6.56. The lowest BCUT2D eigenvalue weighted by Gasteiger charge is -2.35. The van der Waals surface area contributed by atoms with Crippen molar-refractivity contribution < 1.29 is 0 Å². The molecular formula is C11H13BrClN. The number of hydrogen-bond donors (Lipinski definition) is 1. The third-order valence-corrected chi connectivity index (χ3v) is 3.51. The Hall–Kier alpha value is -0.210. The summed E-state index contributed by atoms with van der Waals surface area (Å²) >= 11 is 9.39. The van der Waals surface area contributed by atoms with Gasteiger partial charge in [0.2, 0.25) is 0 Å². The monoisotopic (exact) mass is 273 g/mol. The van der Waals surface area contributed by atoms with Crippen LogP contribution in [0.25, 0.3) is 0 Å². The molecular weight excluding hydrogens is 261 g/mol. The highest BCUT2D eigenvalue weighted by molar-refractivity contribution is 9.10. The van der Waals surface area contributed by atoms with E-state index in [1.807, 2.05) is 12.1 Å². The van der Waals surface area contributed by atoms with Crippen LogP contribution in [0.5, 0.6) is 0 Å². The Kier molecular flexibility index (Phi) is 3.03. The molecule has 1 aromatic carbocycles. The van der Waals surface area contributed by atoms with Crippen LogP contribution in [0.1, 0.15) is 19.8 Å². The highest BCUT2D eigenvalue weighted by atomic mass is 79.9. The number of halogens is 2. The minimum absolute atomic E-state index is 0.625. The highest BCUT2D eigenvalue weighted by Gasteiger charge is 2.26. The molecule has 1 aliphatic rings. The van der Waals surface area contributed by atoms with E-state index in [0.29, 0.717) is 6.04 Å².